The Labute approximate surface area is 187 Å². The van der Waals surface area contributed by atoms with E-state index >= 15 is 0 Å². The molecule has 0 unspecified atom stereocenters. The van der Waals surface area contributed by atoms with Crippen molar-refractivity contribution >= 4 is 27.5 Å². The zero-order valence-electron chi connectivity index (χ0n) is 18.2. The summed E-state index contributed by atoms with van der Waals surface area (Å²) in [5.41, 5.74) is 2.97. The first-order valence-corrected chi connectivity index (χ1v) is 11.8. The van der Waals surface area contributed by atoms with E-state index < -0.39 is 10.0 Å². The van der Waals surface area contributed by atoms with Crippen LogP contribution in [0.1, 0.15) is 34.6 Å². The van der Waals surface area contributed by atoms with E-state index in [9.17, 15) is 13.2 Å². The molecule has 32 heavy (non-hydrogen) atoms. The van der Waals surface area contributed by atoms with E-state index in [4.69, 9.17) is 0 Å². The number of para-hydroxylation sites is 1. The van der Waals surface area contributed by atoms with Gasteiger partial charge in [0.2, 0.25) is 0 Å². The molecule has 1 aromatic heterocycles. The fourth-order valence-corrected chi connectivity index (χ4v) is 4.96. The van der Waals surface area contributed by atoms with Crippen molar-refractivity contribution in [1.82, 2.24) is 14.7 Å². The van der Waals surface area contributed by atoms with Gasteiger partial charge in [-0.3, -0.25) is 4.79 Å². The zero-order valence-corrected chi connectivity index (χ0v) is 19.1. The number of rotatable bonds is 5. The van der Waals surface area contributed by atoms with E-state index in [1.165, 1.54) is 12.1 Å². The lowest BCUT2D eigenvalue weighted by atomic mass is 10.1. The summed E-state index contributed by atoms with van der Waals surface area (Å²) in [6.07, 6.45) is 1.52. The van der Waals surface area contributed by atoms with Crippen molar-refractivity contribution in [2.24, 2.45) is 4.40 Å². The molecule has 0 atom stereocenters. The monoisotopic (exact) mass is 451 g/mol. The molecular weight excluding hydrogens is 426 g/mol. The first-order valence-electron chi connectivity index (χ1n) is 10.3. The predicted molar refractivity (Wildman–Crippen MR) is 124 cm³/mol. The van der Waals surface area contributed by atoms with Gasteiger partial charge in [0.1, 0.15) is 5.84 Å². The third-order valence-corrected chi connectivity index (χ3v) is 6.77. The first-order chi connectivity index (χ1) is 15.3. The lowest BCUT2D eigenvalue weighted by molar-refractivity contribution is 0.102. The summed E-state index contributed by atoms with van der Waals surface area (Å²) >= 11 is 0. The maximum atomic E-state index is 13.0. The normalized spacial score (nSPS) is 15.3. The average Bonchev–Trinajstić information content (AvgIpc) is 3.30. The van der Waals surface area contributed by atoms with Gasteiger partial charge >= 0.3 is 0 Å². The number of anilines is 1. The highest BCUT2D eigenvalue weighted by Crippen LogP contribution is 2.23. The van der Waals surface area contributed by atoms with Crippen LogP contribution >= 0.6 is 0 Å². The van der Waals surface area contributed by atoms with Gasteiger partial charge in [0, 0.05) is 25.7 Å². The van der Waals surface area contributed by atoms with E-state index in [0.717, 1.165) is 18.7 Å². The van der Waals surface area contributed by atoms with Crippen molar-refractivity contribution in [3.8, 4) is 5.69 Å². The summed E-state index contributed by atoms with van der Waals surface area (Å²) in [5.74, 6) is 0.206. The van der Waals surface area contributed by atoms with Gasteiger partial charge in [-0.2, -0.15) is 13.5 Å². The predicted octanol–water partition coefficient (Wildman–Crippen LogP) is 3.55. The number of hydrogen-bond donors (Lipinski definition) is 1. The number of aromatic nitrogens is 2. The summed E-state index contributed by atoms with van der Waals surface area (Å²) in [6.45, 7) is 4.40. The minimum Gasteiger partial charge on any atom is -0.362 e. The number of carbonyl (C=O) groups excluding carboxylic acids is 1. The topological polar surface area (TPSA) is 96.7 Å². The number of benzene rings is 2. The number of nitrogens with zero attached hydrogens (tertiary/aromatic N) is 4. The second-order valence-electron chi connectivity index (χ2n) is 7.78. The van der Waals surface area contributed by atoms with E-state index in [0.29, 0.717) is 34.9 Å². The number of likely N-dealkylation sites (tertiary alicyclic amines) is 1. The van der Waals surface area contributed by atoms with Crippen molar-refractivity contribution in [1.29, 1.82) is 0 Å². The molecule has 166 valence electrons. The molecule has 3 aromatic rings. The summed E-state index contributed by atoms with van der Waals surface area (Å²) in [5, 5.41) is 7.31. The Morgan fingerprint density at radius 2 is 1.84 bits per heavy atom. The smallest absolute Gasteiger partial charge is 0.284 e. The Morgan fingerprint density at radius 1 is 1.09 bits per heavy atom. The molecule has 1 fully saturated rings. The van der Waals surface area contributed by atoms with Crippen LogP contribution < -0.4 is 5.32 Å². The third kappa shape index (κ3) is 4.29. The Hall–Kier alpha value is -3.46. The standard InChI is InChI=1S/C23H25N5O3S/c1-16-22(17(2)28(25-16)19-10-5-4-6-11-19)23(29)24-18-9-7-12-20(15-18)32(30,31)26-21-13-8-14-27(21)3/h4-7,9-12,15H,8,13-14H2,1-3H3,(H,24,29). The number of carbonyl (C=O) groups is 1. The second-order valence-corrected chi connectivity index (χ2v) is 9.39. The number of nitrogens with one attached hydrogen (secondary N) is 1. The van der Waals surface area contributed by atoms with Crippen LogP contribution in [0.2, 0.25) is 0 Å². The van der Waals surface area contributed by atoms with Crippen LogP contribution in [0.25, 0.3) is 5.69 Å². The van der Waals surface area contributed by atoms with Gasteiger partial charge in [-0.25, -0.2) is 4.68 Å². The molecule has 9 heteroatoms. The van der Waals surface area contributed by atoms with E-state index in [1.807, 2.05) is 49.2 Å². The molecule has 0 bridgehead atoms. The minimum atomic E-state index is -3.87. The molecule has 1 saturated heterocycles. The van der Waals surface area contributed by atoms with Gasteiger partial charge in [0.25, 0.3) is 15.9 Å². The molecule has 1 aliphatic rings. The van der Waals surface area contributed by atoms with Gasteiger partial charge in [0.05, 0.1) is 27.5 Å². The van der Waals surface area contributed by atoms with Crippen LogP contribution in [0, 0.1) is 13.8 Å². The molecule has 2 heterocycles. The van der Waals surface area contributed by atoms with Crippen molar-refractivity contribution in [2.45, 2.75) is 31.6 Å². The Balaban J connectivity index is 1.60. The lowest BCUT2D eigenvalue weighted by Gasteiger charge is -2.11. The number of aryl methyl sites for hydroxylation is 1. The summed E-state index contributed by atoms with van der Waals surface area (Å²) in [4.78, 5) is 14.9. The zero-order chi connectivity index (χ0) is 22.9. The van der Waals surface area contributed by atoms with Crippen molar-refractivity contribution in [3.63, 3.8) is 0 Å². The van der Waals surface area contributed by atoms with E-state index in [1.54, 1.807) is 23.7 Å². The van der Waals surface area contributed by atoms with Crippen LogP contribution in [0.4, 0.5) is 5.69 Å². The lowest BCUT2D eigenvalue weighted by Crippen LogP contribution is -2.20. The highest BCUT2D eigenvalue weighted by Gasteiger charge is 2.22. The molecule has 0 radical (unpaired) electrons. The summed E-state index contributed by atoms with van der Waals surface area (Å²) in [6, 6.07) is 15.7. The van der Waals surface area contributed by atoms with Gasteiger partial charge < -0.3 is 10.2 Å². The third-order valence-electron chi connectivity index (χ3n) is 5.47. The molecule has 0 aliphatic carbocycles. The highest BCUT2D eigenvalue weighted by atomic mass is 32.2. The molecule has 0 saturated carbocycles. The Kier molecular flexibility index (Phi) is 5.84. The molecule has 0 spiro atoms. The summed E-state index contributed by atoms with van der Waals surface area (Å²) < 4.78 is 31.3. The number of amidine groups is 1. The molecule has 8 nitrogen and oxygen atoms in total. The number of hydrogen-bond acceptors (Lipinski definition) is 4. The number of sulfonamides is 1. The van der Waals surface area contributed by atoms with Gasteiger partial charge in [0.15, 0.2) is 0 Å². The molecular formula is C23H25N5O3S. The molecule has 1 aliphatic heterocycles. The average molecular weight is 452 g/mol. The fraction of sp³-hybridized carbons (Fsp3) is 0.261. The van der Waals surface area contributed by atoms with Crippen LogP contribution in [0.15, 0.2) is 63.9 Å². The quantitative estimate of drug-likeness (QED) is 0.640. The minimum absolute atomic E-state index is 0.0384. The van der Waals surface area contributed by atoms with Gasteiger partial charge in [-0.1, -0.05) is 24.3 Å². The van der Waals surface area contributed by atoms with E-state index in [-0.39, 0.29) is 10.8 Å². The Morgan fingerprint density at radius 3 is 2.53 bits per heavy atom. The van der Waals surface area contributed by atoms with Gasteiger partial charge in [-0.15, -0.1) is 4.40 Å². The van der Waals surface area contributed by atoms with Crippen LogP contribution in [0.5, 0.6) is 0 Å². The largest absolute Gasteiger partial charge is 0.362 e. The Bertz CT molecular complexity index is 1300. The molecule has 1 amide bonds. The molecule has 2 aromatic carbocycles. The fourth-order valence-electron chi connectivity index (χ4n) is 3.82. The van der Waals surface area contributed by atoms with Crippen molar-refractivity contribution in [3.05, 3.63) is 71.5 Å². The van der Waals surface area contributed by atoms with Crippen molar-refractivity contribution in [2.75, 3.05) is 18.9 Å². The first kappa shape index (κ1) is 21.8. The van der Waals surface area contributed by atoms with Crippen LogP contribution in [-0.2, 0) is 10.0 Å². The maximum Gasteiger partial charge on any atom is 0.284 e. The van der Waals surface area contributed by atoms with Crippen molar-refractivity contribution < 1.29 is 13.2 Å². The summed E-state index contributed by atoms with van der Waals surface area (Å²) in [7, 11) is -2.04. The molecule has 1 N–H and O–H groups in total. The SMILES string of the molecule is Cc1nn(-c2ccccc2)c(C)c1C(=O)Nc1cccc(S(=O)(=O)N=C2CCCN2C)c1. The highest BCUT2D eigenvalue weighted by molar-refractivity contribution is 7.90. The number of amides is 1. The van der Waals surface area contributed by atoms with Crippen LogP contribution in [-0.4, -0.2) is 48.4 Å². The maximum absolute atomic E-state index is 13.0. The van der Waals surface area contributed by atoms with E-state index in [2.05, 4.69) is 14.8 Å². The van der Waals surface area contributed by atoms with Gasteiger partial charge in [-0.05, 0) is 50.6 Å². The second kappa shape index (κ2) is 8.58. The molecule has 4 rings (SSSR count). The van der Waals surface area contributed by atoms with Crippen LogP contribution in [0.3, 0.4) is 0 Å².